The van der Waals surface area contributed by atoms with Crippen molar-refractivity contribution >= 4 is 10.8 Å². The summed E-state index contributed by atoms with van der Waals surface area (Å²) >= 11 is 0. The van der Waals surface area contributed by atoms with E-state index in [4.69, 9.17) is 4.74 Å². The molecule has 0 aromatic heterocycles. The van der Waals surface area contributed by atoms with Gasteiger partial charge in [0.05, 0.1) is 12.7 Å². The summed E-state index contributed by atoms with van der Waals surface area (Å²) in [4.78, 5) is 0. The second kappa shape index (κ2) is 7.49. The first kappa shape index (κ1) is 13.5. The zero-order valence-electron chi connectivity index (χ0n) is 10.7. The molecule has 1 saturated heterocycles. The first-order chi connectivity index (χ1) is 8.34. The van der Waals surface area contributed by atoms with Gasteiger partial charge in [-0.2, -0.15) is 0 Å². The monoisotopic (exact) mass is 259 g/mol. The molecule has 0 aromatic rings. The van der Waals surface area contributed by atoms with Crippen molar-refractivity contribution in [3.05, 3.63) is 0 Å². The van der Waals surface area contributed by atoms with Crippen molar-refractivity contribution in [3.63, 3.8) is 0 Å². The van der Waals surface area contributed by atoms with E-state index in [1.54, 1.807) is 0 Å². The molecule has 17 heavy (non-hydrogen) atoms. The zero-order valence-corrected chi connectivity index (χ0v) is 11.5. The highest BCUT2D eigenvalue weighted by molar-refractivity contribution is 7.85. The van der Waals surface area contributed by atoms with Gasteiger partial charge >= 0.3 is 0 Å². The smallest absolute Gasteiger partial charge is 0.0594 e. The van der Waals surface area contributed by atoms with Crippen molar-refractivity contribution in [2.75, 3.05) is 24.7 Å². The Morgan fingerprint density at radius 1 is 1.06 bits per heavy atom. The molecule has 0 aromatic carbocycles. The standard InChI is InChI=1S/C13H25NO2S/c15-17-10-6-12(7-11-17)14-8-9-16-13-4-2-1-3-5-13/h12-14H,1-11H2. The van der Waals surface area contributed by atoms with Crippen LogP contribution in [0.3, 0.4) is 0 Å². The van der Waals surface area contributed by atoms with Gasteiger partial charge in [-0.25, -0.2) is 0 Å². The molecule has 100 valence electrons. The maximum Gasteiger partial charge on any atom is 0.0594 e. The van der Waals surface area contributed by atoms with E-state index >= 15 is 0 Å². The Hall–Kier alpha value is 0.0700. The van der Waals surface area contributed by atoms with Crippen LogP contribution in [0.15, 0.2) is 0 Å². The molecule has 0 unspecified atom stereocenters. The molecule has 1 aliphatic heterocycles. The van der Waals surface area contributed by atoms with Crippen LogP contribution in [0.5, 0.6) is 0 Å². The number of hydrogen-bond donors (Lipinski definition) is 1. The van der Waals surface area contributed by atoms with Gasteiger partial charge < -0.3 is 10.1 Å². The van der Waals surface area contributed by atoms with Gasteiger partial charge in [0.1, 0.15) is 0 Å². The molecule has 0 atom stereocenters. The molecule has 1 aliphatic carbocycles. The summed E-state index contributed by atoms with van der Waals surface area (Å²) in [6.07, 6.45) is 9.22. The molecule has 3 nitrogen and oxygen atoms in total. The van der Waals surface area contributed by atoms with Crippen LogP contribution in [0, 0.1) is 0 Å². The van der Waals surface area contributed by atoms with Crippen LogP contribution in [-0.4, -0.2) is 41.0 Å². The Morgan fingerprint density at radius 3 is 2.47 bits per heavy atom. The van der Waals surface area contributed by atoms with E-state index in [0.717, 1.165) is 37.5 Å². The second-order valence-electron chi connectivity index (χ2n) is 5.21. The molecule has 1 N–H and O–H groups in total. The summed E-state index contributed by atoms with van der Waals surface area (Å²) in [5, 5.41) is 3.52. The first-order valence-electron chi connectivity index (χ1n) is 7.04. The molecule has 0 spiro atoms. The average Bonchev–Trinajstić information content (AvgIpc) is 2.38. The molecule has 4 heteroatoms. The van der Waals surface area contributed by atoms with Crippen LogP contribution < -0.4 is 5.32 Å². The Kier molecular flexibility index (Phi) is 5.95. The van der Waals surface area contributed by atoms with Crippen molar-refractivity contribution in [1.82, 2.24) is 5.32 Å². The lowest BCUT2D eigenvalue weighted by Crippen LogP contribution is -2.38. The maximum atomic E-state index is 11.2. The van der Waals surface area contributed by atoms with Crippen molar-refractivity contribution in [2.24, 2.45) is 0 Å². The molecule has 2 fully saturated rings. The molecule has 0 bridgehead atoms. The number of nitrogens with one attached hydrogen (secondary N) is 1. The van der Waals surface area contributed by atoms with Crippen LogP contribution in [-0.2, 0) is 15.5 Å². The highest BCUT2D eigenvalue weighted by atomic mass is 32.2. The van der Waals surface area contributed by atoms with E-state index in [1.807, 2.05) is 0 Å². The van der Waals surface area contributed by atoms with Gasteiger partial charge in [-0.15, -0.1) is 0 Å². The summed E-state index contributed by atoms with van der Waals surface area (Å²) in [6.45, 7) is 1.79. The van der Waals surface area contributed by atoms with Crippen LogP contribution >= 0.6 is 0 Å². The third kappa shape index (κ3) is 5.06. The third-order valence-electron chi connectivity index (χ3n) is 3.83. The molecule has 1 heterocycles. The van der Waals surface area contributed by atoms with E-state index in [9.17, 15) is 4.21 Å². The van der Waals surface area contributed by atoms with E-state index in [2.05, 4.69) is 5.32 Å². The Morgan fingerprint density at radius 2 is 1.76 bits per heavy atom. The number of ether oxygens (including phenoxy) is 1. The van der Waals surface area contributed by atoms with Gasteiger partial charge in [-0.05, 0) is 25.7 Å². The molecule has 2 aliphatic rings. The SMILES string of the molecule is O=S1CCC(NCCOC2CCCCC2)CC1. The van der Waals surface area contributed by atoms with Crippen LogP contribution in [0.1, 0.15) is 44.9 Å². The topological polar surface area (TPSA) is 38.3 Å². The number of rotatable bonds is 5. The fraction of sp³-hybridized carbons (Fsp3) is 1.00. The quantitative estimate of drug-likeness (QED) is 0.766. The van der Waals surface area contributed by atoms with Crippen LogP contribution in [0.2, 0.25) is 0 Å². The van der Waals surface area contributed by atoms with E-state index in [1.165, 1.54) is 32.1 Å². The van der Waals surface area contributed by atoms with Crippen molar-refractivity contribution < 1.29 is 8.95 Å². The van der Waals surface area contributed by atoms with E-state index in [-0.39, 0.29) is 0 Å². The summed E-state index contributed by atoms with van der Waals surface area (Å²) in [5.41, 5.74) is 0. The lowest BCUT2D eigenvalue weighted by atomic mass is 9.98. The number of hydrogen-bond acceptors (Lipinski definition) is 3. The van der Waals surface area contributed by atoms with Crippen molar-refractivity contribution in [3.8, 4) is 0 Å². The lowest BCUT2D eigenvalue weighted by molar-refractivity contribution is 0.0293. The molecule has 0 amide bonds. The van der Waals surface area contributed by atoms with Gasteiger partial charge in [-0.1, -0.05) is 19.3 Å². The largest absolute Gasteiger partial charge is 0.377 e. The van der Waals surface area contributed by atoms with Gasteiger partial charge in [0.15, 0.2) is 0 Å². The highest BCUT2D eigenvalue weighted by Crippen LogP contribution is 2.19. The Balaban J connectivity index is 1.49. The van der Waals surface area contributed by atoms with Crippen LogP contribution in [0.25, 0.3) is 0 Å². The van der Waals surface area contributed by atoms with Crippen molar-refractivity contribution in [2.45, 2.75) is 57.1 Å². The minimum Gasteiger partial charge on any atom is -0.377 e. The first-order valence-corrected chi connectivity index (χ1v) is 8.53. The minimum atomic E-state index is -0.543. The summed E-state index contributed by atoms with van der Waals surface area (Å²) in [5.74, 6) is 1.75. The molecular weight excluding hydrogens is 234 g/mol. The van der Waals surface area contributed by atoms with Gasteiger partial charge in [0.2, 0.25) is 0 Å². The van der Waals surface area contributed by atoms with Gasteiger partial charge in [-0.3, -0.25) is 4.21 Å². The Bertz CT molecular complexity index is 232. The van der Waals surface area contributed by atoms with E-state index < -0.39 is 10.8 Å². The minimum absolute atomic E-state index is 0.518. The summed E-state index contributed by atoms with van der Waals surface area (Å²) < 4.78 is 17.1. The van der Waals surface area contributed by atoms with Crippen LogP contribution in [0.4, 0.5) is 0 Å². The maximum absolute atomic E-state index is 11.2. The zero-order chi connectivity index (χ0) is 11.9. The lowest BCUT2D eigenvalue weighted by Gasteiger charge is -2.25. The summed E-state index contributed by atoms with van der Waals surface area (Å²) in [6, 6.07) is 0.572. The average molecular weight is 259 g/mol. The van der Waals surface area contributed by atoms with Gasteiger partial charge in [0, 0.05) is 34.9 Å². The molecule has 1 saturated carbocycles. The normalized spacial score (nSPS) is 31.5. The molecular formula is C13H25NO2S. The second-order valence-corrected chi connectivity index (χ2v) is 6.90. The fourth-order valence-corrected chi connectivity index (χ4v) is 4.02. The van der Waals surface area contributed by atoms with E-state index in [0.29, 0.717) is 12.1 Å². The molecule has 0 radical (unpaired) electrons. The van der Waals surface area contributed by atoms with Crippen molar-refractivity contribution in [1.29, 1.82) is 0 Å². The highest BCUT2D eigenvalue weighted by Gasteiger charge is 2.17. The fourth-order valence-electron chi connectivity index (χ4n) is 2.72. The Labute approximate surface area is 107 Å². The summed E-state index contributed by atoms with van der Waals surface area (Å²) in [7, 11) is -0.543. The predicted octanol–water partition coefficient (Wildman–Crippen LogP) is 1.84. The third-order valence-corrected chi connectivity index (χ3v) is 5.21. The van der Waals surface area contributed by atoms with Gasteiger partial charge in [0.25, 0.3) is 0 Å². The predicted molar refractivity (Wildman–Crippen MR) is 71.7 cm³/mol. The molecule has 2 rings (SSSR count).